The largest absolute Gasteiger partial charge is 0.497 e. The van der Waals surface area contributed by atoms with Crippen LogP contribution in [0.25, 0.3) is 10.2 Å². The minimum atomic E-state index is 0.112. The first-order valence-electron chi connectivity index (χ1n) is 7.64. The van der Waals surface area contributed by atoms with Crippen LogP contribution in [-0.2, 0) is 4.79 Å². The number of anilines is 1. The zero-order valence-electron chi connectivity index (χ0n) is 13.2. The van der Waals surface area contributed by atoms with Gasteiger partial charge in [0.1, 0.15) is 5.75 Å². The number of benzene rings is 1. The van der Waals surface area contributed by atoms with Crippen molar-refractivity contribution in [2.24, 2.45) is 5.92 Å². The summed E-state index contributed by atoms with van der Waals surface area (Å²) in [5.41, 5.74) is 0.956. The number of fused-ring (bicyclic) bond motifs is 1. The summed E-state index contributed by atoms with van der Waals surface area (Å²) in [5.74, 6) is 1.20. The number of carbonyl (C=O) groups excluding carboxylic acids is 1. The second-order valence-corrected chi connectivity index (χ2v) is 6.45. The van der Waals surface area contributed by atoms with E-state index in [-0.39, 0.29) is 11.8 Å². The van der Waals surface area contributed by atoms with E-state index >= 15 is 0 Å². The molecule has 0 bridgehead atoms. The molecule has 0 aliphatic carbocycles. The highest BCUT2D eigenvalue weighted by molar-refractivity contribution is 7.22. The van der Waals surface area contributed by atoms with Gasteiger partial charge in [0.25, 0.3) is 0 Å². The number of hydrogen-bond acceptors (Lipinski definition) is 5. The Morgan fingerprint density at radius 1 is 1.41 bits per heavy atom. The maximum absolute atomic E-state index is 12.3. The molecule has 2 heterocycles. The standard InChI is InChI=1S/C16H21N3O2S/c1-4-18(5-2)15(20)11-9-19(10-11)16-17-13-8-12(21-3)6-7-14(13)22-16/h6-8,11H,4-5,9-10H2,1-3H3. The molecule has 0 unspecified atom stereocenters. The summed E-state index contributed by atoms with van der Waals surface area (Å²) in [4.78, 5) is 21.0. The van der Waals surface area contributed by atoms with Crippen LogP contribution in [0.4, 0.5) is 5.13 Å². The summed E-state index contributed by atoms with van der Waals surface area (Å²) in [6.07, 6.45) is 0. The van der Waals surface area contributed by atoms with Crippen LogP contribution in [0.1, 0.15) is 13.8 Å². The van der Waals surface area contributed by atoms with E-state index in [1.165, 1.54) is 0 Å². The Morgan fingerprint density at radius 2 is 2.14 bits per heavy atom. The van der Waals surface area contributed by atoms with Gasteiger partial charge < -0.3 is 14.5 Å². The lowest BCUT2D eigenvalue weighted by Crippen LogP contribution is -2.54. The van der Waals surface area contributed by atoms with Crippen molar-refractivity contribution < 1.29 is 9.53 Å². The number of methoxy groups -OCH3 is 1. The van der Waals surface area contributed by atoms with Crippen LogP contribution in [-0.4, -0.2) is 49.1 Å². The molecule has 6 heteroatoms. The quantitative estimate of drug-likeness (QED) is 0.850. The van der Waals surface area contributed by atoms with Gasteiger partial charge in [-0.15, -0.1) is 0 Å². The van der Waals surface area contributed by atoms with Crippen molar-refractivity contribution in [2.45, 2.75) is 13.8 Å². The first-order valence-corrected chi connectivity index (χ1v) is 8.46. The van der Waals surface area contributed by atoms with Crippen molar-refractivity contribution in [3.63, 3.8) is 0 Å². The molecule has 22 heavy (non-hydrogen) atoms. The summed E-state index contributed by atoms with van der Waals surface area (Å²) in [6.45, 7) is 7.16. The zero-order chi connectivity index (χ0) is 15.7. The number of amides is 1. The fraction of sp³-hybridized carbons (Fsp3) is 0.500. The number of carbonyl (C=O) groups is 1. The second-order valence-electron chi connectivity index (χ2n) is 5.44. The Labute approximate surface area is 134 Å². The van der Waals surface area contributed by atoms with Crippen LogP contribution in [0.3, 0.4) is 0 Å². The Hall–Kier alpha value is -1.82. The fourth-order valence-electron chi connectivity index (χ4n) is 2.74. The van der Waals surface area contributed by atoms with Gasteiger partial charge in [-0.1, -0.05) is 11.3 Å². The highest BCUT2D eigenvalue weighted by atomic mass is 32.1. The molecule has 1 saturated heterocycles. The number of ether oxygens (including phenoxy) is 1. The van der Waals surface area contributed by atoms with Crippen molar-refractivity contribution in [3.8, 4) is 5.75 Å². The third-order valence-corrected chi connectivity index (χ3v) is 5.26. The van der Waals surface area contributed by atoms with Gasteiger partial charge in [-0.05, 0) is 26.0 Å². The lowest BCUT2D eigenvalue weighted by Gasteiger charge is -2.40. The molecule has 1 aromatic heterocycles. The molecule has 1 aliphatic heterocycles. The molecule has 5 nitrogen and oxygen atoms in total. The predicted molar refractivity (Wildman–Crippen MR) is 89.8 cm³/mol. The van der Waals surface area contributed by atoms with Gasteiger partial charge in [-0.2, -0.15) is 0 Å². The number of rotatable bonds is 5. The van der Waals surface area contributed by atoms with Crippen molar-refractivity contribution in [3.05, 3.63) is 18.2 Å². The van der Waals surface area contributed by atoms with E-state index in [0.717, 1.165) is 47.3 Å². The van der Waals surface area contributed by atoms with E-state index < -0.39 is 0 Å². The van der Waals surface area contributed by atoms with Crippen LogP contribution in [0.2, 0.25) is 0 Å². The molecular weight excluding hydrogens is 298 g/mol. The highest BCUT2D eigenvalue weighted by Crippen LogP contribution is 2.34. The molecule has 0 N–H and O–H groups in total. The maximum Gasteiger partial charge on any atom is 0.229 e. The number of hydrogen-bond donors (Lipinski definition) is 0. The molecule has 0 radical (unpaired) electrons. The van der Waals surface area contributed by atoms with Crippen LogP contribution < -0.4 is 9.64 Å². The summed E-state index contributed by atoms with van der Waals surface area (Å²) in [7, 11) is 1.66. The first kappa shape index (κ1) is 15.1. The molecule has 1 aromatic carbocycles. The average molecular weight is 319 g/mol. The van der Waals surface area contributed by atoms with Gasteiger partial charge in [-0.25, -0.2) is 4.98 Å². The third kappa shape index (κ3) is 2.63. The zero-order valence-corrected chi connectivity index (χ0v) is 14.0. The second kappa shape index (κ2) is 6.12. The molecular formula is C16H21N3O2S. The maximum atomic E-state index is 12.3. The minimum absolute atomic E-state index is 0.112. The van der Waals surface area contributed by atoms with E-state index in [2.05, 4.69) is 9.88 Å². The van der Waals surface area contributed by atoms with Crippen molar-refractivity contribution >= 4 is 32.6 Å². The molecule has 1 fully saturated rings. The lowest BCUT2D eigenvalue weighted by molar-refractivity contribution is -0.135. The van der Waals surface area contributed by atoms with Gasteiger partial charge in [0, 0.05) is 32.2 Å². The smallest absolute Gasteiger partial charge is 0.229 e. The summed E-state index contributed by atoms with van der Waals surface area (Å²) in [6, 6.07) is 5.94. The van der Waals surface area contributed by atoms with E-state index in [4.69, 9.17) is 4.74 Å². The van der Waals surface area contributed by atoms with Crippen molar-refractivity contribution in [2.75, 3.05) is 38.2 Å². The van der Waals surface area contributed by atoms with Crippen molar-refractivity contribution in [1.82, 2.24) is 9.88 Å². The average Bonchev–Trinajstić information content (AvgIpc) is 2.89. The molecule has 118 valence electrons. The normalized spacial score (nSPS) is 15.0. The van der Waals surface area contributed by atoms with E-state index in [0.29, 0.717) is 0 Å². The molecule has 0 spiro atoms. The van der Waals surface area contributed by atoms with E-state index in [1.807, 2.05) is 36.9 Å². The van der Waals surface area contributed by atoms with Gasteiger partial charge >= 0.3 is 0 Å². The number of thiazole rings is 1. The summed E-state index contributed by atoms with van der Waals surface area (Å²) in [5, 5.41) is 0.992. The Bertz CT molecular complexity index is 675. The summed E-state index contributed by atoms with van der Waals surface area (Å²) < 4.78 is 6.38. The van der Waals surface area contributed by atoms with Gasteiger partial charge in [0.05, 0.1) is 23.2 Å². The topological polar surface area (TPSA) is 45.7 Å². The monoisotopic (exact) mass is 319 g/mol. The van der Waals surface area contributed by atoms with Crippen LogP contribution in [0.5, 0.6) is 5.75 Å². The lowest BCUT2D eigenvalue weighted by atomic mass is 9.99. The Balaban J connectivity index is 1.69. The molecule has 1 aliphatic rings. The summed E-state index contributed by atoms with van der Waals surface area (Å²) >= 11 is 1.67. The molecule has 1 amide bonds. The molecule has 0 saturated carbocycles. The first-order chi connectivity index (χ1) is 10.7. The molecule has 2 aromatic rings. The van der Waals surface area contributed by atoms with Crippen LogP contribution in [0.15, 0.2) is 18.2 Å². The van der Waals surface area contributed by atoms with Crippen molar-refractivity contribution in [1.29, 1.82) is 0 Å². The predicted octanol–water partition coefficient (Wildman–Crippen LogP) is 2.61. The molecule has 0 atom stereocenters. The molecule has 3 rings (SSSR count). The number of aromatic nitrogens is 1. The fourth-order valence-corrected chi connectivity index (χ4v) is 3.71. The van der Waals surface area contributed by atoms with Gasteiger partial charge in [-0.3, -0.25) is 4.79 Å². The Kier molecular flexibility index (Phi) is 4.20. The van der Waals surface area contributed by atoms with E-state index in [9.17, 15) is 4.79 Å². The third-order valence-electron chi connectivity index (χ3n) is 4.16. The van der Waals surface area contributed by atoms with Gasteiger partial charge in [0.15, 0.2) is 5.13 Å². The van der Waals surface area contributed by atoms with E-state index in [1.54, 1.807) is 18.4 Å². The SMILES string of the molecule is CCN(CC)C(=O)C1CN(c2nc3cc(OC)ccc3s2)C1. The number of nitrogens with zero attached hydrogens (tertiary/aromatic N) is 3. The van der Waals surface area contributed by atoms with Gasteiger partial charge in [0.2, 0.25) is 5.91 Å². The highest BCUT2D eigenvalue weighted by Gasteiger charge is 2.36. The Morgan fingerprint density at radius 3 is 2.77 bits per heavy atom. The minimum Gasteiger partial charge on any atom is -0.497 e. The van der Waals surface area contributed by atoms with Crippen LogP contribution in [0, 0.1) is 5.92 Å². The van der Waals surface area contributed by atoms with Crippen LogP contribution >= 0.6 is 11.3 Å².